The topological polar surface area (TPSA) is 122 Å². The lowest BCUT2D eigenvalue weighted by Crippen LogP contribution is -2.33. The van der Waals surface area contributed by atoms with E-state index in [2.05, 4.69) is 40.9 Å². The smallest absolute Gasteiger partial charge is 0.253 e. The summed E-state index contributed by atoms with van der Waals surface area (Å²) in [7, 11) is -3.46. The van der Waals surface area contributed by atoms with Crippen molar-refractivity contribution in [3.05, 3.63) is 76.2 Å². The van der Waals surface area contributed by atoms with Crippen LogP contribution < -0.4 is 5.32 Å². The Kier molecular flexibility index (Phi) is 8.04. The second kappa shape index (κ2) is 11.2. The molecule has 0 saturated heterocycles. The Bertz CT molecular complexity index is 1420. The number of nitrogens with one attached hydrogen (secondary N) is 1. The number of allylic oxidation sites excluding steroid dienone is 1. The van der Waals surface area contributed by atoms with E-state index in [9.17, 15) is 18.3 Å². The average molecular weight is 522 g/mol. The summed E-state index contributed by atoms with van der Waals surface area (Å²) in [5.41, 5.74) is 6.34. The number of hydrogen-bond donors (Lipinski definition) is 2. The zero-order valence-corrected chi connectivity index (χ0v) is 21.7. The van der Waals surface area contributed by atoms with Crippen molar-refractivity contribution in [3.8, 4) is 22.6 Å². The van der Waals surface area contributed by atoms with Gasteiger partial charge in [0.2, 0.25) is 0 Å². The Hall–Kier alpha value is -3.56. The van der Waals surface area contributed by atoms with E-state index >= 15 is 0 Å². The number of aliphatic imine (C=N–C) groups is 1. The van der Waals surface area contributed by atoms with Crippen LogP contribution in [0, 0.1) is 0 Å². The third kappa shape index (κ3) is 5.89. The van der Waals surface area contributed by atoms with Gasteiger partial charge in [-0.2, -0.15) is 0 Å². The molecule has 8 nitrogen and oxygen atoms in total. The van der Waals surface area contributed by atoms with E-state index in [1.165, 1.54) is 12.5 Å². The summed E-state index contributed by atoms with van der Waals surface area (Å²) in [5, 5.41) is 17.4. The molecule has 3 aromatic rings. The van der Waals surface area contributed by atoms with E-state index in [0.29, 0.717) is 12.0 Å². The van der Waals surface area contributed by atoms with Gasteiger partial charge in [0, 0.05) is 34.7 Å². The standard InChI is InChI=1S/C28H31N3O5S/c1-18(2)37(34,35)16-15-30-28(33)26(32)22-11-12-23-21(17-22)10-13-24-25(23)31-36-27(24)20-8-6-19(7-9-20)5-4-14-29-3/h6-9,11-12,17,26,32H,1,3-5,10,13-16H2,2H3,(H,30,33). The molecule has 1 unspecified atom stereocenters. The predicted octanol–water partition coefficient (Wildman–Crippen LogP) is 3.84. The molecule has 1 aromatic heterocycles. The Morgan fingerprint density at radius 1 is 1.22 bits per heavy atom. The molecule has 37 heavy (non-hydrogen) atoms. The van der Waals surface area contributed by atoms with Crippen molar-refractivity contribution >= 4 is 22.5 Å². The third-order valence-electron chi connectivity index (χ3n) is 6.58. The predicted molar refractivity (Wildman–Crippen MR) is 144 cm³/mol. The van der Waals surface area contributed by atoms with Crippen molar-refractivity contribution in [1.82, 2.24) is 10.5 Å². The van der Waals surface area contributed by atoms with Crippen LogP contribution in [0.3, 0.4) is 0 Å². The number of nitrogens with zero attached hydrogens (tertiary/aromatic N) is 2. The molecular weight excluding hydrogens is 490 g/mol. The summed E-state index contributed by atoms with van der Waals surface area (Å²) >= 11 is 0. The van der Waals surface area contributed by atoms with Crippen LogP contribution in [0.1, 0.15) is 41.7 Å². The summed E-state index contributed by atoms with van der Waals surface area (Å²) < 4.78 is 29.4. The Morgan fingerprint density at radius 3 is 2.68 bits per heavy atom. The Labute approximate surface area is 217 Å². The maximum absolute atomic E-state index is 12.4. The van der Waals surface area contributed by atoms with E-state index in [1.807, 2.05) is 18.2 Å². The zero-order valence-electron chi connectivity index (χ0n) is 20.9. The number of benzene rings is 2. The largest absolute Gasteiger partial charge is 0.378 e. The second-order valence-corrected chi connectivity index (χ2v) is 11.6. The van der Waals surface area contributed by atoms with Crippen molar-refractivity contribution in [2.45, 2.75) is 38.7 Å². The summed E-state index contributed by atoms with van der Waals surface area (Å²) in [6.45, 7) is 9.00. The fourth-order valence-electron chi connectivity index (χ4n) is 4.41. The van der Waals surface area contributed by atoms with Crippen molar-refractivity contribution in [3.63, 3.8) is 0 Å². The highest BCUT2D eigenvalue weighted by Crippen LogP contribution is 2.39. The van der Waals surface area contributed by atoms with Gasteiger partial charge in [0.1, 0.15) is 5.69 Å². The summed E-state index contributed by atoms with van der Waals surface area (Å²) in [5.74, 6) is -0.160. The molecule has 9 heteroatoms. The van der Waals surface area contributed by atoms with Crippen LogP contribution in [-0.4, -0.2) is 50.1 Å². The second-order valence-electron chi connectivity index (χ2n) is 9.22. The van der Waals surface area contributed by atoms with Crippen molar-refractivity contribution in [2.75, 3.05) is 18.8 Å². The number of carbonyl (C=O) groups is 1. The normalized spacial score (nSPS) is 13.4. The van der Waals surface area contributed by atoms with E-state index in [-0.39, 0.29) is 17.2 Å². The lowest BCUT2D eigenvalue weighted by atomic mass is 9.86. The number of aliphatic hydroxyl groups excluding tert-OH is 1. The van der Waals surface area contributed by atoms with Crippen molar-refractivity contribution in [2.24, 2.45) is 4.99 Å². The number of carbonyl (C=O) groups excluding carboxylic acids is 1. The SMILES string of the molecule is C=NCCCc1ccc(-c2onc3c2CCc2cc(C(O)C(=O)NCCS(=O)(=O)C(=C)C)ccc2-3)cc1. The monoisotopic (exact) mass is 521 g/mol. The Balaban J connectivity index is 1.46. The summed E-state index contributed by atoms with van der Waals surface area (Å²) in [6.07, 6.45) is 1.93. The molecule has 0 radical (unpaired) electrons. The van der Waals surface area contributed by atoms with Crippen molar-refractivity contribution in [1.29, 1.82) is 0 Å². The van der Waals surface area contributed by atoms with Crippen LogP contribution in [0.4, 0.5) is 0 Å². The van der Waals surface area contributed by atoms with E-state index < -0.39 is 21.8 Å². The van der Waals surface area contributed by atoms with Gasteiger partial charge in [-0.05, 0) is 56.0 Å². The van der Waals surface area contributed by atoms with E-state index in [4.69, 9.17) is 4.52 Å². The number of amides is 1. The van der Waals surface area contributed by atoms with E-state index in [1.54, 1.807) is 12.1 Å². The highest BCUT2D eigenvalue weighted by molar-refractivity contribution is 7.95. The molecule has 1 aliphatic rings. The molecule has 0 aliphatic heterocycles. The molecule has 1 heterocycles. The molecule has 1 amide bonds. The molecular formula is C28H31N3O5S. The van der Waals surface area contributed by atoms with Crippen molar-refractivity contribution < 1.29 is 22.8 Å². The number of fused-ring (bicyclic) bond motifs is 3. The lowest BCUT2D eigenvalue weighted by Gasteiger charge is -2.18. The summed E-state index contributed by atoms with van der Waals surface area (Å²) in [4.78, 5) is 16.3. The first-order valence-corrected chi connectivity index (χ1v) is 13.8. The number of aliphatic hydroxyl groups is 1. The number of aromatic nitrogens is 1. The fraction of sp³-hybridized carbons (Fsp3) is 0.321. The molecule has 0 bridgehead atoms. The molecule has 2 aromatic carbocycles. The van der Waals surface area contributed by atoms with Gasteiger partial charge in [-0.15, -0.1) is 0 Å². The lowest BCUT2D eigenvalue weighted by molar-refractivity contribution is -0.129. The van der Waals surface area contributed by atoms with Gasteiger partial charge in [-0.3, -0.25) is 4.79 Å². The maximum Gasteiger partial charge on any atom is 0.253 e. The molecule has 0 spiro atoms. The summed E-state index contributed by atoms with van der Waals surface area (Å²) in [6, 6.07) is 13.6. The average Bonchev–Trinajstić information content (AvgIpc) is 3.33. The zero-order chi connectivity index (χ0) is 26.6. The van der Waals surface area contributed by atoms with Crippen LogP contribution in [0.2, 0.25) is 0 Å². The van der Waals surface area contributed by atoms with Crippen LogP contribution in [0.15, 0.2) is 63.5 Å². The first-order chi connectivity index (χ1) is 17.7. The van der Waals surface area contributed by atoms with Gasteiger partial charge >= 0.3 is 0 Å². The van der Waals surface area contributed by atoms with E-state index in [0.717, 1.165) is 59.5 Å². The molecule has 0 fully saturated rings. The van der Waals surface area contributed by atoms with Gasteiger partial charge in [0.05, 0.1) is 5.75 Å². The van der Waals surface area contributed by atoms with Gasteiger partial charge in [-0.1, -0.05) is 54.2 Å². The van der Waals surface area contributed by atoms with Gasteiger partial charge < -0.3 is 19.9 Å². The van der Waals surface area contributed by atoms with Crippen LogP contribution >= 0.6 is 0 Å². The minimum Gasteiger partial charge on any atom is -0.378 e. The third-order valence-corrected chi connectivity index (χ3v) is 8.38. The van der Waals surface area contributed by atoms with Gasteiger partial charge in [0.15, 0.2) is 21.7 Å². The molecule has 1 atom stereocenters. The highest BCUT2D eigenvalue weighted by Gasteiger charge is 2.27. The van der Waals surface area contributed by atoms with Crippen LogP contribution in [0.25, 0.3) is 22.6 Å². The molecule has 0 saturated carbocycles. The first-order valence-electron chi connectivity index (χ1n) is 12.2. The number of hydrogen-bond acceptors (Lipinski definition) is 7. The van der Waals surface area contributed by atoms with Crippen LogP contribution in [0.5, 0.6) is 0 Å². The molecule has 4 rings (SSSR count). The van der Waals surface area contributed by atoms with Crippen LogP contribution in [-0.2, 0) is 33.9 Å². The van der Waals surface area contributed by atoms with Gasteiger partial charge in [0.25, 0.3) is 5.91 Å². The maximum atomic E-state index is 12.4. The first kappa shape index (κ1) is 26.5. The minimum atomic E-state index is -3.46. The molecule has 2 N–H and O–H groups in total. The Morgan fingerprint density at radius 2 is 1.97 bits per heavy atom. The minimum absolute atomic E-state index is 0.0430. The van der Waals surface area contributed by atoms with Gasteiger partial charge in [-0.25, -0.2) is 8.42 Å². The molecule has 194 valence electrons. The number of aryl methyl sites for hydroxylation is 2. The molecule has 1 aliphatic carbocycles. The fourth-order valence-corrected chi connectivity index (χ4v) is 5.13. The number of rotatable bonds is 11. The quantitative estimate of drug-likeness (QED) is 0.292. The number of sulfone groups is 1. The highest BCUT2D eigenvalue weighted by atomic mass is 32.2.